The van der Waals surface area contributed by atoms with Crippen LogP contribution in [0.3, 0.4) is 0 Å². The van der Waals surface area contributed by atoms with Crippen molar-refractivity contribution in [2.75, 3.05) is 53.4 Å². The highest BCUT2D eigenvalue weighted by molar-refractivity contribution is 5.74. The lowest BCUT2D eigenvalue weighted by Gasteiger charge is -2.35. The minimum Gasteiger partial charge on any atom is -0.390 e. The van der Waals surface area contributed by atoms with Crippen LogP contribution >= 0.6 is 0 Å². The number of carbonyl (C=O) groups excluding carboxylic acids is 1. The number of piperazine rings is 1. The Morgan fingerprint density at radius 3 is 2.56 bits per heavy atom. The summed E-state index contributed by atoms with van der Waals surface area (Å²) < 4.78 is 0. The Kier molecular flexibility index (Phi) is 7.23. The Balaban J connectivity index is 1.74. The van der Waals surface area contributed by atoms with Gasteiger partial charge in [-0.25, -0.2) is 4.79 Å². The van der Waals surface area contributed by atoms with E-state index in [1.54, 1.807) is 0 Å². The minimum absolute atomic E-state index is 0.00519. The van der Waals surface area contributed by atoms with E-state index in [0.717, 1.165) is 13.1 Å². The van der Waals surface area contributed by atoms with Crippen LogP contribution in [0.15, 0.2) is 18.2 Å². The third kappa shape index (κ3) is 6.30. The van der Waals surface area contributed by atoms with Gasteiger partial charge in [-0.2, -0.15) is 0 Å². The van der Waals surface area contributed by atoms with Crippen LogP contribution < -0.4 is 5.32 Å². The summed E-state index contributed by atoms with van der Waals surface area (Å²) >= 11 is 0. The molecule has 1 aliphatic rings. The fraction of sp³-hybridized carbons (Fsp3) is 0.632. The summed E-state index contributed by atoms with van der Waals surface area (Å²) in [6.07, 6.45) is -0.348. The number of nitrogens with one attached hydrogen (secondary N) is 1. The first-order chi connectivity index (χ1) is 11.8. The summed E-state index contributed by atoms with van der Waals surface area (Å²) in [4.78, 5) is 18.5. The molecule has 2 rings (SSSR count). The van der Waals surface area contributed by atoms with Crippen LogP contribution in [-0.4, -0.2) is 85.3 Å². The van der Waals surface area contributed by atoms with Gasteiger partial charge in [0, 0.05) is 45.8 Å². The van der Waals surface area contributed by atoms with Gasteiger partial charge in [-0.3, -0.25) is 4.90 Å². The average molecular weight is 348 g/mol. The number of hydrogen-bond donors (Lipinski definition) is 2. The zero-order chi connectivity index (χ0) is 18.4. The van der Waals surface area contributed by atoms with Gasteiger partial charge in [-0.1, -0.05) is 23.8 Å². The fourth-order valence-corrected chi connectivity index (χ4v) is 3.18. The Hall–Kier alpha value is -1.63. The molecule has 1 saturated heterocycles. The second-order valence-electron chi connectivity index (χ2n) is 7.29. The van der Waals surface area contributed by atoms with E-state index in [4.69, 9.17) is 0 Å². The van der Waals surface area contributed by atoms with Crippen LogP contribution in [0.25, 0.3) is 0 Å². The minimum atomic E-state index is -0.348. The monoisotopic (exact) mass is 348 g/mol. The van der Waals surface area contributed by atoms with Crippen LogP contribution in [0.2, 0.25) is 0 Å². The van der Waals surface area contributed by atoms with Crippen molar-refractivity contribution in [3.8, 4) is 0 Å². The molecular weight excluding hydrogens is 316 g/mol. The van der Waals surface area contributed by atoms with Gasteiger partial charge in [0.05, 0.1) is 6.10 Å². The first-order valence-corrected chi connectivity index (χ1v) is 8.99. The molecule has 1 unspecified atom stereocenters. The predicted molar refractivity (Wildman–Crippen MR) is 101 cm³/mol. The van der Waals surface area contributed by atoms with Gasteiger partial charge in [0.1, 0.15) is 0 Å². The number of amides is 2. The highest BCUT2D eigenvalue weighted by atomic mass is 16.3. The standard InChI is InChI=1S/C19H32N4O2/c1-15-5-6-16(2)17(11-15)12-20-19(25)23-9-7-22(8-10-23)14-18(24)13-21(3)4/h5-6,11,18,24H,7-10,12-14H2,1-4H3,(H,20,25). The summed E-state index contributed by atoms with van der Waals surface area (Å²) in [5.41, 5.74) is 3.57. The molecular formula is C19H32N4O2. The largest absolute Gasteiger partial charge is 0.390 e. The number of benzene rings is 1. The van der Waals surface area contributed by atoms with Gasteiger partial charge < -0.3 is 20.2 Å². The Bertz CT molecular complexity index is 569. The Labute approximate surface area is 151 Å². The topological polar surface area (TPSA) is 59.1 Å². The lowest BCUT2D eigenvalue weighted by molar-refractivity contribution is 0.0662. The molecule has 2 N–H and O–H groups in total. The smallest absolute Gasteiger partial charge is 0.317 e. The maximum atomic E-state index is 12.4. The van der Waals surface area contributed by atoms with Crippen molar-refractivity contribution < 1.29 is 9.90 Å². The summed E-state index contributed by atoms with van der Waals surface area (Å²) in [6.45, 7) is 9.04. The molecule has 140 valence electrons. The maximum Gasteiger partial charge on any atom is 0.317 e. The fourth-order valence-electron chi connectivity index (χ4n) is 3.18. The number of nitrogens with zero attached hydrogens (tertiary/aromatic N) is 3. The van der Waals surface area contributed by atoms with Crippen molar-refractivity contribution in [1.82, 2.24) is 20.0 Å². The van der Waals surface area contributed by atoms with Crippen molar-refractivity contribution in [2.24, 2.45) is 0 Å². The summed E-state index contributed by atoms with van der Waals surface area (Å²) in [7, 11) is 3.92. The Morgan fingerprint density at radius 1 is 1.24 bits per heavy atom. The van der Waals surface area contributed by atoms with E-state index in [-0.39, 0.29) is 12.1 Å². The quantitative estimate of drug-likeness (QED) is 0.807. The van der Waals surface area contributed by atoms with Gasteiger partial charge in [-0.15, -0.1) is 0 Å². The molecule has 1 aromatic carbocycles. The number of aryl methyl sites for hydroxylation is 2. The van der Waals surface area contributed by atoms with E-state index in [1.165, 1.54) is 16.7 Å². The van der Waals surface area contributed by atoms with Crippen LogP contribution in [0.5, 0.6) is 0 Å². The molecule has 1 atom stereocenters. The summed E-state index contributed by atoms with van der Waals surface area (Å²) in [5, 5.41) is 13.1. The van der Waals surface area contributed by atoms with Crippen molar-refractivity contribution in [2.45, 2.75) is 26.5 Å². The lowest BCUT2D eigenvalue weighted by atomic mass is 10.1. The first kappa shape index (κ1) is 19.7. The van der Waals surface area contributed by atoms with Crippen molar-refractivity contribution in [3.63, 3.8) is 0 Å². The van der Waals surface area contributed by atoms with Gasteiger partial charge in [-0.05, 0) is 39.1 Å². The number of β-amino-alcohol motifs (C(OH)–C–C–N with tert-alkyl or cyclic N) is 1. The molecule has 1 fully saturated rings. The summed E-state index contributed by atoms with van der Waals surface area (Å²) in [6, 6.07) is 6.30. The molecule has 6 nitrogen and oxygen atoms in total. The average Bonchev–Trinajstić information content (AvgIpc) is 2.55. The molecule has 25 heavy (non-hydrogen) atoms. The molecule has 0 aliphatic carbocycles. The molecule has 1 aliphatic heterocycles. The molecule has 0 saturated carbocycles. The first-order valence-electron chi connectivity index (χ1n) is 8.99. The Morgan fingerprint density at radius 2 is 1.92 bits per heavy atom. The number of carbonyl (C=O) groups is 1. The second-order valence-corrected chi connectivity index (χ2v) is 7.29. The van der Waals surface area contributed by atoms with E-state index >= 15 is 0 Å². The molecule has 0 radical (unpaired) electrons. The van der Waals surface area contributed by atoms with Crippen molar-refractivity contribution >= 4 is 6.03 Å². The molecule has 0 spiro atoms. The number of hydrogen-bond acceptors (Lipinski definition) is 4. The number of aliphatic hydroxyl groups excluding tert-OH is 1. The number of aliphatic hydroxyl groups is 1. The van der Waals surface area contributed by atoms with E-state index in [9.17, 15) is 9.90 Å². The van der Waals surface area contributed by atoms with E-state index < -0.39 is 0 Å². The third-order valence-corrected chi connectivity index (χ3v) is 4.64. The number of urea groups is 1. The van der Waals surface area contributed by atoms with E-state index in [0.29, 0.717) is 32.7 Å². The van der Waals surface area contributed by atoms with Gasteiger partial charge in [0.2, 0.25) is 0 Å². The van der Waals surface area contributed by atoms with Crippen LogP contribution in [-0.2, 0) is 6.54 Å². The molecule has 6 heteroatoms. The summed E-state index contributed by atoms with van der Waals surface area (Å²) in [5.74, 6) is 0. The van der Waals surface area contributed by atoms with E-state index in [1.807, 2.05) is 23.9 Å². The van der Waals surface area contributed by atoms with Gasteiger partial charge >= 0.3 is 6.03 Å². The number of likely N-dealkylation sites (N-methyl/N-ethyl adjacent to an activating group) is 1. The lowest BCUT2D eigenvalue weighted by Crippen LogP contribution is -2.53. The van der Waals surface area contributed by atoms with Crippen LogP contribution in [0, 0.1) is 13.8 Å². The predicted octanol–water partition coefficient (Wildman–Crippen LogP) is 1.05. The highest BCUT2D eigenvalue weighted by Gasteiger charge is 2.22. The molecule has 0 aromatic heterocycles. The van der Waals surface area contributed by atoms with Crippen LogP contribution in [0.4, 0.5) is 4.79 Å². The molecule has 1 heterocycles. The molecule has 2 amide bonds. The van der Waals surface area contributed by atoms with Gasteiger partial charge in [0.15, 0.2) is 0 Å². The maximum absolute atomic E-state index is 12.4. The number of rotatable bonds is 6. The van der Waals surface area contributed by atoms with Gasteiger partial charge in [0.25, 0.3) is 0 Å². The second kappa shape index (κ2) is 9.17. The third-order valence-electron chi connectivity index (χ3n) is 4.64. The zero-order valence-electron chi connectivity index (χ0n) is 16.0. The van der Waals surface area contributed by atoms with Crippen LogP contribution in [0.1, 0.15) is 16.7 Å². The van der Waals surface area contributed by atoms with Crippen molar-refractivity contribution in [3.05, 3.63) is 34.9 Å². The SMILES string of the molecule is Cc1ccc(C)c(CNC(=O)N2CCN(CC(O)CN(C)C)CC2)c1. The van der Waals surface area contributed by atoms with E-state index in [2.05, 4.69) is 42.3 Å². The highest BCUT2D eigenvalue weighted by Crippen LogP contribution is 2.11. The zero-order valence-corrected chi connectivity index (χ0v) is 16.0. The van der Waals surface area contributed by atoms with Crippen molar-refractivity contribution in [1.29, 1.82) is 0 Å². The molecule has 0 bridgehead atoms. The molecule has 1 aromatic rings. The normalized spacial score (nSPS) is 17.0.